The van der Waals surface area contributed by atoms with Gasteiger partial charge in [0.1, 0.15) is 5.15 Å². The van der Waals surface area contributed by atoms with Crippen molar-refractivity contribution in [1.82, 2.24) is 19.9 Å². The summed E-state index contributed by atoms with van der Waals surface area (Å²) in [6.45, 7) is 1.05. The second kappa shape index (κ2) is 7.07. The summed E-state index contributed by atoms with van der Waals surface area (Å²) < 4.78 is 40.0. The van der Waals surface area contributed by atoms with Gasteiger partial charge in [0.2, 0.25) is 5.82 Å². The number of benzene rings is 1. The number of pyridine rings is 1. The first kappa shape index (κ1) is 19.8. The number of aromatic nitrogens is 3. The number of carbonyl (C=O) groups excluding carboxylic acids is 1. The quantitative estimate of drug-likeness (QED) is 0.623. The minimum atomic E-state index is -4.57. The maximum absolute atomic E-state index is 13.0. The molecule has 2 aromatic heterocycles. The van der Waals surface area contributed by atoms with Gasteiger partial charge in [-0.3, -0.25) is 4.79 Å². The second-order valence-corrected chi connectivity index (χ2v) is 7.52. The third kappa shape index (κ3) is 3.72. The van der Waals surface area contributed by atoms with Crippen LogP contribution in [-0.2, 0) is 13.2 Å². The van der Waals surface area contributed by atoms with Crippen LogP contribution in [0.1, 0.15) is 16.2 Å². The highest BCUT2D eigenvalue weighted by atomic mass is 35.5. The maximum Gasteiger partial charge on any atom is 0.449 e. The van der Waals surface area contributed by atoms with Crippen molar-refractivity contribution in [2.75, 3.05) is 18.0 Å². The van der Waals surface area contributed by atoms with E-state index in [1.165, 1.54) is 31.4 Å². The van der Waals surface area contributed by atoms with Crippen LogP contribution in [0, 0.1) is 0 Å². The molecule has 1 N–H and O–H groups in total. The average Bonchev–Trinajstić information content (AvgIpc) is 2.96. The van der Waals surface area contributed by atoms with E-state index in [1.807, 2.05) is 4.90 Å². The summed E-state index contributed by atoms with van der Waals surface area (Å²) in [7, 11) is 1.27. The van der Waals surface area contributed by atoms with E-state index in [9.17, 15) is 18.0 Å². The van der Waals surface area contributed by atoms with Crippen molar-refractivity contribution in [3.63, 3.8) is 0 Å². The lowest BCUT2D eigenvalue weighted by Gasteiger charge is -2.41. The molecule has 4 rings (SSSR count). The molecule has 1 aliphatic rings. The number of hydrogen-bond donors (Lipinski definition) is 1. The van der Waals surface area contributed by atoms with Crippen molar-refractivity contribution < 1.29 is 18.0 Å². The monoisotopic (exact) mass is 443 g/mol. The van der Waals surface area contributed by atoms with Gasteiger partial charge in [-0.25, -0.2) is 9.97 Å². The van der Waals surface area contributed by atoms with E-state index in [2.05, 4.69) is 15.3 Å². The first-order valence-corrected chi connectivity index (χ1v) is 9.29. The van der Waals surface area contributed by atoms with Gasteiger partial charge < -0.3 is 14.8 Å². The molecule has 0 radical (unpaired) electrons. The largest absolute Gasteiger partial charge is 0.449 e. The lowest BCUT2D eigenvalue weighted by atomic mass is 10.1. The Kier molecular flexibility index (Phi) is 4.82. The van der Waals surface area contributed by atoms with E-state index in [4.69, 9.17) is 23.2 Å². The van der Waals surface area contributed by atoms with Gasteiger partial charge in [-0.05, 0) is 18.2 Å². The molecule has 0 saturated carbocycles. The van der Waals surface area contributed by atoms with Gasteiger partial charge in [-0.1, -0.05) is 23.2 Å². The number of nitrogens with zero attached hydrogens (tertiary/aromatic N) is 4. The van der Waals surface area contributed by atoms with Gasteiger partial charge in [0.15, 0.2) is 0 Å². The lowest BCUT2D eigenvalue weighted by Crippen LogP contribution is -2.59. The predicted octanol–water partition coefficient (Wildman–Crippen LogP) is 3.91. The van der Waals surface area contributed by atoms with E-state index < -0.39 is 12.0 Å². The van der Waals surface area contributed by atoms with Crippen molar-refractivity contribution in [1.29, 1.82) is 0 Å². The van der Waals surface area contributed by atoms with Crippen molar-refractivity contribution in [2.45, 2.75) is 12.2 Å². The number of fused-ring (bicyclic) bond motifs is 1. The number of aryl methyl sites for hydroxylation is 1. The molecule has 0 unspecified atom stereocenters. The van der Waals surface area contributed by atoms with Gasteiger partial charge in [0.05, 0.1) is 27.8 Å². The first-order valence-electron chi connectivity index (χ1n) is 8.54. The van der Waals surface area contributed by atoms with Crippen LogP contribution in [0.25, 0.3) is 11.0 Å². The molecule has 3 heterocycles. The van der Waals surface area contributed by atoms with Crippen LogP contribution >= 0.6 is 23.2 Å². The fourth-order valence-electron chi connectivity index (χ4n) is 3.27. The Morgan fingerprint density at radius 2 is 1.97 bits per heavy atom. The average molecular weight is 444 g/mol. The van der Waals surface area contributed by atoms with Crippen molar-refractivity contribution >= 4 is 45.8 Å². The topological polar surface area (TPSA) is 63.1 Å². The second-order valence-electron chi connectivity index (χ2n) is 6.73. The first-order chi connectivity index (χ1) is 13.6. The van der Waals surface area contributed by atoms with Gasteiger partial charge >= 0.3 is 6.18 Å². The Labute approximate surface area is 173 Å². The Balaban J connectivity index is 1.46. The van der Waals surface area contributed by atoms with Gasteiger partial charge in [0, 0.05) is 38.0 Å². The molecular weight excluding hydrogens is 430 g/mol. The zero-order valence-electron chi connectivity index (χ0n) is 15.0. The minimum absolute atomic E-state index is 0.126. The van der Waals surface area contributed by atoms with Crippen molar-refractivity contribution in [2.24, 2.45) is 7.05 Å². The Bertz CT molecular complexity index is 1110. The minimum Gasteiger partial charge on any atom is -0.366 e. The molecule has 1 amide bonds. The number of rotatable bonds is 3. The third-order valence-electron chi connectivity index (χ3n) is 4.76. The van der Waals surface area contributed by atoms with Gasteiger partial charge in [-0.2, -0.15) is 13.2 Å². The van der Waals surface area contributed by atoms with E-state index >= 15 is 0 Å². The van der Waals surface area contributed by atoms with Crippen LogP contribution < -0.4 is 10.2 Å². The van der Waals surface area contributed by atoms with Crippen LogP contribution in [0.5, 0.6) is 0 Å². The SMILES string of the molecule is Cn1c(C(F)(F)F)nc2ccc(C(=O)NC3CN(c4cc(Cl)ncc4Cl)C3)cc21. The highest BCUT2D eigenvalue weighted by Gasteiger charge is 2.37. The molecule has 6 nitrogen and oxygen atoms in total. The molecule has 1 aliphatic heterocycles. The number of halogens is 5. The van der Waals surface area contributed by atoms with Crippen LogP contribution in [0.4, 0.5) is 18.9 Å². The Hall–Kier alpha value is -2.52. The molecule has 11 heteroatoms. The van der Waals surface area contributed by atoms with E-state index in [0.29, 0.717) is 23.3 Å². The molecular formula is C18H14Cl2F3N5O. The van der Waals surface area contributed by atoms with Crippen LogP contribution in [-0.4, -0.2) is 39.6 Å². The van der Waals surface area contributed by atoms with Gasteiger partial charge in [0.25, 0.3) is 5.91 Å². The van der Waals surface area contributed by atoms with Crippen molar-refractivity contribution in [3.8, 4) is 0 Å². The highest BCUT2D eigenvalue weighted by Crippen LogP contribution is 2.32. The standard InChI is InChI=1S/C18H14Cl2F3N5O/c1-27-14-4-9(2-3-12(14)26-17(27)18(21,22)23)16(29)25-10-7-28(8-10)13-5-15(20)24-6-11(13)19/h2-6,10H,7-8H2,1H3,(H,25,29). The fourth-order valence-corrected chi connectivity index (χ4v) is 3.64. The number of anilines is 1. The number of amides is 1. The molecule has 1 saturated heterocycles. The molecule has 152 valence electrons. The lowest BCUT2D eigenvalue weighted by molar-refractivity contribution is -0.146. The molecule has 1 aromatic carbocycles. The van der Waals surface area contributed by atoms with Crippen molar-refractivity contribution in [3.05, 3.63) is 52.0 Å². The van der Waals surface area contributed by atoms with Gasteiger partial charge in [-0.15, -0.1) is 0 Å². The summed E-state index contributed by atoms with van der Waals surface area (Å²) in [5.74, 6) is -1.38. The smallest absolute Gasteiger partial charge is 0.366 e. The summed E-state index contributed by atoms with van der Waals surface area (Å²) in [4.78, 5) is 22.0. The normalized spacial score (nSPS) is 14.9. The maximum atomic E-state index is 13.0. The third-order valence-corrected chi connectivity index (χ3v) is 5.25. The number of hydrogen-bond acceptors (Lipinski definition) is 4. The Morgan fingerprint density at radius 1 is 1.24 bits per heavy atom. The fraction of sp³-hybridized carbons (Fsp3) is 0.278. The predicted molar refractivity (Wildman–Crippen MR) is 103 cm³/mol. The van der Waals surface area contributed by atoms with Crippen LogP contribution in [0.3, 0.4) is 0 Å². The zero-order chi connectivity index (χ0) is 20.9. The number of imidazole rings is 1. The molecule has 0 bridgehead atoms. The summed E-state index contributed by atoms with van der Waals surface area (Å²) in [6, 6.07) is 5.80. The zero-order valence-corrected chi connectivity index (χ0v) is 16.5. The summed E-state index contributed by atoms with van der Waals surface area (Å²) in [5, 5.41) is 3.64. The molecule has 3 aromatic rings. The molecule has 0 spiro atoms. The number of carbonyl (C=O) groups is 1. The summed E-state index contributed by atoms with van der Waals surface area (Å²) >= 11 is 12.0. The molecule has 0 aliphatic carbocycles. The van der Waals surface area contributed by atoms with Crippen LogP contribution in [0.15, 0.2) is 30.5 Å². The number of nitrogens with one attached hydrogen (secondary N) is 1. The molecule has 0 atom stereocenters. The summed E-state index contributed by atoms with van der Waals surface area (Å²) in [6.07, 6.45) is -3.11. The van der Waals surface area contributed by atoms with E-state index in [-0.39, 0.29) is 28.5 Å². The summed E-state index contributed by atoms with van der Waals surface area (Å²) in [5.41, 5.74) is 1.40. The Morgan fingerprint density at radius 3 is 2.66 bits per heavy atom. The molecule has 1 fully saturated rings. The highest BCUT2D eigenvalue weighted by molar-refractivity contribution is 6.34. The molecule has 29 heavy (non-hydrogen) atoms. The van der Waals surface area contributed by atoms with Crippen LogP contribution in [0.2, 0.25) is 10.2 Å². The number of alkyl halides is 3. The van der Waals surface area contributed by atoms with E-state index in [1.54, 1.807) is 6.07 Å². The van der Waals surface area contributed by atoms with E-state index in [0.717, 1.165) is 10.3 Å².